The molecular weight excluding hydrogens is 385 g/mol. The second-order valence-electron chi connectivity index (χ2n) is 8.05. The molecule has 29 heavy (non-hydrogen) atoms. The standard InChI is InChI=1S/C24H24FNO2S/c1-16-9-5-6-10-17(16)13-20-23(28)26(15-18-11-7-8-12-19(18)25)22(29-20)14-21(27)24(2,3)4/h5-14H,15H2,1-4H3/b20-13-,22-14-. The van der Waals surface area contributed by atoms with E-state index in [1.54, 1.807) is 18.2 Å². The molecule has 0 bridgehead atoms. The lowest BCUT2D eigenvalue weighted by Gasteiger charge is -2.13. The zero-order chi connectivity index (χ0) is 21.2. The van der Waals surface area contributed by atoms with E-state index < -0.39 is 5.41 Å². The van der Waals surface area contributed by atoms with Crippen molar-refractivity contribution in [2.24, 2.45) is 5.41 Å². The number of rotatable bonds is 4. The molecule has 1 aromatic heterocycles. The molecule has 3 nitrogen and oxygen atoms in total. The highest BCUT2D eigenvalue weighted by Gasteiger charge is 2.19. The van der Waals surface area contributed by atoms with Crippen molar-refractivity contribution in [1.29, 1.82) is 0 Å². The SMILES string of the molecule is Cc1ccccc1/C=c1\s/c(=C\C(=O)C(C)(C)C)n(Cc2ccccc2F)c1=O. The molecule has 0 aliphatic carbocycles. The summed E-state index contributed by atoms with van der Waals surface area (Å²) in [6, 6.07) is 14.2. The first-order valence-electron chi connectivity index (χ1n) is 9.43. The van der Waals surface area contributed by atoms with Gasteiger partial charge in [-0.1, -0.05) is 63.2 Å². The lowest BCUT2D eigenvalue weighted by atomic mass is 9.91. The quantitative estimate of drug-likeness (QED) is 0.660. The number of carbonyl (C=O) groups is 1. The molecule has 5 heteroatoms. The van der Waals surface area contributed by atoms with Gasteiger partial charge in [-0.15, -0.1) is 11.3 Å². The van der Waals surface area contributed by atoms with Gasteiger partial charge in [0, 0.05) is 17.1 Å². The van der Waals surface area contributed by atoms with E-state index in [1.807, 2.05) is 58.0 Å². The monoisotopic (exact) mass is 409 g/mol. The van der Waals surface area contributed by atoms with Crippen molar-refractivity contribution >= 4 is 29.3 Å². The largest absolute Gasteiger partial charge is 0.294 e. The number of Topliss-reactive ketones (excluding diaryl/α,β-unsaturated/α-hetero) is 1. The third-order valence-corrected chi connectivity index (χ3v) is 5.75. The number of thiazole rings is 1. The fourth-order valence-electron chi connectivity index (χ4n) is 2.81. The molecule has 0 amide bonds. The van der Waals surface area contributed by atoms with E-state index >= 15 is 0 Å². The number of halogens is 1. The van der Waals surface area contributed by atoms with Crippen LogP contribution in [0.4, 0.5) is 4.39 Å². The highest BCUT2D eigenvalue weighted by atomic mass is 32.1. The summed E-state index contributed by atoms with van der Waals surface area (Å²) >= 11 is 1.26. The van der Waals surface area contributed by atoms with Crippen molar-refractivity contribution < 1.29 is 9.18 Å². The molecule has 3 rings (SSSR count). The van der Waals surface area contributed by atoms with Gasteiger partial charge in [0.25, 0.3) is 5.56 Å². The first-order chi connectivity index (χ1) is 13.7. The maximum atomic E-state index is 14.2. The average Bonchev–Trinajstić information content (AvgIpc) is 2.93. The van der Waals surface area contributed by atoms with E-state index in [0.29, 0.717) is 14.8 Å². The maximum Gasteiger partial charge on any atom is 0.269 e. The predicted octanol–water partition coefficient (Wildman–Crippen LogP) is 3.63. The van der Waals surface area contributed by atoms with Crippen LogP contribution in [0.1, 0.15) is 37.5 Å². The second-order valence-corrected chi connectivity index (χ2v) is 9.11. The summed E-state index contributed by atoms with van der Waals surface area (Å²) in [6.07, 6.45) is 3.33. The first-order valence-corrected chi connectivity index (χ1v) is 10.2. The van der Waals surface area contributed by atoms with Gasteiger partial charge in [0.1, 0.15) is 10.5 Å². The molecule has 0 N–H and O–H groups in total. The Labute approximate surface area is 173 Å². The Balaban J connectivity index is 2.23. The molecule has 2 aromatic carbocycles. The fourth-order valence-corrected chi connectivity index (χ4v) is 3.84. The van der Waals surface area contributed by atoms with Crippen molar-refractivity contribution in [1.82, 2.24) is 4.57 Å². The molecule has 3 aromatic rings. The molecule has 1 heterocycles. The first kappa shape index (κ1) is 20.9. The summed E-state index contributed by atoms with van der Waals surface area (Å²) in [7, 11) is 0. The fraction of sp³-hybridized carbons (Fsp3) is 0.250. The van der Waals surface area contributed by atoms with Crippen LogP contribution < -0.4 is 14.8 Å². The minimum Gasteiger partial charge on any atom is -0.294 e. The zero-order valence-corrected chi connectivity index (χ0v) is 17.8. The van der Waals surface area contributed by atoms with Gasteiger partial charge in [0.05, 0.1) is 11.1 Å². The van der Waals surface area contributed by atoms with Crippen LogP contribution >= 0.6 is 11.3 Å². The smallest absolute Gasteiger partial charge is 0.269 e. The van der Waals surface area contributed by atoms with Crippen LogP contribution in [-0.2, 0) is 11.3 Å². The molecule has 0 aliphatic heterocycles. The molecule has 0 atom stereocenters. The Morgan fingerprint density at radius 2 is 1.76 bits per heavy atom. The molecule has 0 spiro atoms. The van der Waals surface area contributed by atoms with Crippen molar-refractivity contribution in [2.75, 3.05) is 0 Å². The van der Waals surface area contributed by atoms with Gasteiger partial charge in [0.15, 0.2) is 5.78 Å². The summed E-state index contributed by atoms with van der Waals surface area (Å²) < 4.78 is 16.7. The predicted molar refractivity (Wildman–Crippen MR) is 117 cm³/mol. The van der Waals surface area contributed by atoms with E-state index in [-0.39, 0.29) is 23.7 Å². The van der Waals surface area contributed by atoms with Crippen LogP contribution in [0.5, 0.6) is 0 Å². The van der Waals surface area contributed by atoms with Crippen LogP contribution in [0.3, 0.4) is 0 Å². The van der Waals surface area contributed by atoms with E-state index in [2.05, 4.69) is 0 Å². The summed E-state index contributed by atoms with van der Waals surface area (Å²) in [5.74, 6) is -0.452. The van der Waals surface area contributed by atoms with Gasteiger partial charge in [0.2, 0.25) is 0 Å². The summed E-state index contributed by atoms with van der Waals surface area (Å²) in [6.45, 7) is 7.55. The number of hydrogen-bond donors (Lipinski definition) is 0. The van der Waals surface area contributed by atoms with Gasteiger partial charge in [-0.05, 0) is 30.2 Å². The van der Waals surface area contributed by atoms with Gasteiger partial charge in [-0.3, -0.25) is 14.2 Å². The van der Waals surface area contributed by atoms with Crippen LogP contribution in [0.15, 0.2) is 53.3 Å². The Bertz CT molecular complexity index is 1230. The highest BCUT2D eigenvalue weighted by molar-refractivity contribution is 7.07. The highest BCUT2D eigenvalue weighted by Crippen LogP contribution is 2.15. The molecule has 0 saturated heterocycles. The van der Waals surface area contributed by atoms with Crippen LogP contribution in [0.25, 0.3) is 12.2 Å². The van der Waals surface area contributed by atoms with Crippen LogP contribution in [-0.4, -0.2) is 10.4 Å². The Hall–Kier alpha value is -2.79. The Kier molecular flexibility index (Phi) is 5.99. The number of aryl methyl sites for hydroxylation is 1. The minimum absolute atomic E-state index is 0.0763. The number of aromatic nitrogens is 1. The summed E-state index contributed by atoms with van der Waals surface area (Å²) in [4.78, 5) is 25.7. The van der Waals surface area contributed by atoms with Crippen LogP contribution in [0, 0.1) is 18.2 Å². The topological polar surface area (TPSA) is 39.1 Å². The summed E-state index contributed by atoms with van der Waals surface area (Å²) in [5, 5.41) is 0. The number of ketones is 1. The number of benzene rings is 2. The van der Waals surface area contributed by atoms with E-state index in [0.717, 1.165) is 11.1 Å². The minimum atomic E-state index is -0.567. The van der Waals surface area contributed by atoms with Gasteiger partial charge >= 0.3 is 0 Å². The van der Waals surface area contributed by atoms with Crippen molar-refractivity contribution in [3.63, 3.8) is 0 Å². The number of hydrogen-bond acceptors (Lipinski definition) is 3. The van der Waals surface area contributed by atoms with Crippen molar-refractivity contribution in [2.45, 2.75) is 34.2 Å². The second kappa shape index (κ2) is 8.29. The molecule has 0 saturated carbocycles. The molecule has 0 aliphatic rings. The molecule has 0 radical (unpaired) electrons. The van der Waals surface area contributed by atoms with E-state index in [4.69, 9.17) is 0 Å². The van der Waals surface area contributed by atoms with E-state index in [9.17, 15) is 14.0 Å². The number of carbonyl (C=O) groups excluding carboxylic acids is 1. The van der Waals surface area contributed by atoms with Gasteiger partial charge in [-0.2, -0.15) is 0 Å². The Morgan fingerprint density at radius 1 is 1.10 bits per heavy atom. The van der Waals surface area contributed by atoms with E-state index in [1.165, 1.54) is 28.0 Å². The maximum absolute atomic E-state index is 14.2. The zero-order valence-electron chi connectivity index (χ0n) is 17.0. The van der Waals surface area contributed by atoms with Crippen molar-refractivity contribution in [3.8, 4) is 0 Å². The average molecular weight is 410 g/mol. The number of nitrogens with zero attached hydrogens (tertiary/aromatic N) is 1. The van der Waals surface area contributed by atoms with Crippen molar-refractivity contribution in [3.05, 3.63) is 90.6 Å². The molecular formula is C24H24FNO2S. The summed E-state index contributed by atoms with van der Waals surface area (Å²) in [5.41, 5.74) is 1.61. The third-order valence-electron chi connectivity index (χ3n) is 4.69. The molecule has 150 valence electrons. The third kappa shape index (κ3) is 4.80. The lowest BCUT2D eigenvalue weighted by Crippen LogP contribution is -2.33. The lowest BCUT2D eigenvalue weighted by molar-refractivity contribution is -0.120. The van der Waals surface area contributed by atoms with Gasteiger partial charge < -0.3 is 0 Å². The normalized spacial score (nSPS) is 13.1. The van der Waals surface area contributed by atoms with Crippen LogP contribution in [0.2, 0.25) is 0 Å². The Morgan fingerprint density at radius 3 is 2.41 bits per heavy atom. The molecule has 0 fully saturated rings. The molecule has 0 unspecified atom stereocenters. The van der Waals surface area contributed by atoms with Gasteiger partial charge in [-0.25, -0.2) is 4.39 Å².